The summed E-state index contributed by atoms with van der Waals surface area (Å²) in [7, 11) is 2.05. The fourth-order valence-corrected chi connectivity index (χ4v) is 1.70. The van der Waals surface area contributed by atoms with Crippen molar-refractivity contribution in [3.8, 4) is 5.75 Å². The molecule has 1 aromatic heterocycles. The zero-order valence-corrected chi connectivity index (χ0v) is 12.6. The lowest BCUT2D eigenvalue weighted by Crippen LogP contribution is -2.22. The Morgan fingerprint density at radius 3 is 2.71 bits per heavy atom. The average molecular weight is 301 g/mol. The molecular weight excluding hydrogens is 280 g/mol. The Kier molecular flexibility index (Phi) is 5.75. The molecule has 1 rings (SSSR count). The average Bonchev–Trinajstić information content (AvgIpc) is 2.25. The van der Waals surface area contributed by atoms with E-state index in [0.29, 0.717) is 4.83 Å². The normalized spacial score (nSPS) is 12.6. The van der Waals surface area contributed by atoms with E-state index in [1.165, 1.54) is 0 Å². The van der Waals surface area contributed by atoms with Gasteiger partial charge in [0.1, 0.15) is 0 Å². The standard InChI is InChI=1S/C13H21BrN2O/c1-10(2)17-12-6-5-8-15-13(12)16(4)9-7-11(3)14/h5-6,8,10-11H,7,9H2,1-4H3. The lowest BCUT2D eigenvalue weighted by Gasteiger charge is -2.22. The van der Waals surface area contributed by atoms with E-state index in [4.69, 9.17) is 4.74 Å². The summed E-state index contributed by atoms with van der Waals surface area (Å²) in [6, 6.07) is 3.87. The number of hydrogen-bond acceptors (Lipinski definition) is 3. The van der Waals surface area contributed by atoms with Crippen molar-refractivity contribution in [2.24, 2.45) is 0 Å². The molecule has 1 unspecified atom stereocenters. The van der Waals surface area contributed by atoms with Crippen molar-refractivity contribution in [2.75, 3.05) is 18.5 Å². The number of hydrogen-bond donors (Lipinski definition) is 0. The maximum atomic E-state index is 5.76. The van der Waals surface area contributed by atoms with Gasteiger partial charge in [-0.05, 0) is 32.4 Å². The fraction of sp³-hybridized carbons (Fsp3) is 0.615. The van der Waals surface area contributed by atoms with Gasteiger partial charge in [0.05, 0.1) is 6.10 Å². The number of ether oxygens (including phenoxy) is 1. The van der Waals surface area contributed by atoms with Gasteiger partial charge in [-0.25, -0.2) is 4.98 Å². The monoisotopic (exact) mass is 300 g/mol. The Morgan fingerprint density at radius 1 is 1.41 bits per heavy atom. The van der Waals surface area contributed by atoms with Gasteiger partial charge in [-0.3, -0.25) is 0 Å². The SMILES string of the molecule is CC(Br)CCN(C)c1ncccc1OC(C)C. The summed E-state index contributed by atoms with van der Waals surface area (Å²) in [6.07, 6.45) is 3.05. The second-order valence-electron chi connectivity index (χ2n) is 4.48. The van der Waals surface area contributed by atoms with E-state index in [1.54, 1.807) is 6.20 Å². The maximum Gasteiger partial charge on any atom is 0.171 e. The van der Waals surface area contributed by atoms with Crippen LogP contribution in [0.3, 0.4) is 0 Å². The summed E-state index contributed by atoms with van der Waals surface area (Å²) >= 11 is 3.56. The molecule has 1 heterocycles. The van der Waals surface area contributed by atoms with E-state index in [2.05, 4.69) is 32.7 Å². The molecule has 0 aromatic carbocycles. The third-order valence-corrected chi connectivity index (χ3v) is 2.80. The van der Waals surface area contributed by atoms with Crippen LogP contribution in [0.4, 0.5) is 5.82 Å². The predicted octanol–water partition coefficient (Wildman–Crippen LogP) is 3.48. The lowest BCUT2D eigenvalue weighted by atomic mass is 10.3. The van der Waals surface area contributed by atoms with Gasteiger partial charge >= 0.3 is 0 Å². The molecule has 0 aliphatic carbocycles. The molecule has 0 fully saturated rings. The highest BCUT2D eigenvalue weighted by Crippen LogP contribution is 2.25. The summed E-state index contributed by atoms with van der Waals surface area (Å²) in [6.45, 7) is 7.16. The molecular formula is C13H21BrN2O. The van der Waals surface area contributed by atoms with E-state index in [0.717, 1.165) is 24.5 Å². The summed E-state index contributed by atoms with van der Waals surface area (Å²) in [5.41, 5.74) is 0. The first kappa shape index (κ1) is 14.3. The van der Waals surface area contributed by atoms with Gasteiger partial charge in [-0.15, -0.1) is 0 Å². The molecule has 0 radical (unpaired) electrons. The van der Waals surface area contributed by atoms with E-state index in [1.807, 2.05) is 33.0 Å². The number of pyridine rings is 1. The predicted molar refractivity (Wildman–Crippen MR) is 76.3 cm³/mol. The van der Waals surface area contributed by atoms with Crippen LogP contribution in [-0.4, -0.2) is 29.5 Å². The first-order chi connectivity index (χ1) is 8.00. The van der Waals surface area contributed by atoms with Crippen LogP contribution in [0.15, 0.2) is 18.3 Å². The summed E-state index contributed by atoms with van der Waals surface area (Å²) < 4.78 is 5.76. The highest BCUT2D eigenvalue weighted by Gasteiger charge is 2.11. The molecule has 96 valence electrons. The third kappa shape index (κ3) is 4.94. The number of rotatable bonds is 6. The zero-order chi connectivity index (χ0) is 12.8. The van der Waals surface area contributed by atoms with Gasteiger partial charge in [0, 0.05) is 24.6 Å². The van der Waals surface area contributed by atoms with Gasteiger partial charge in [0.15, 0.2) is 11.6 Å². The molecule has 3 nitrogen and oxygen atoms in total. The number of alkyl halides is 1. The van der Waals surface area contributed by atoms with Gasteiger partial charge < -0.3 is 9.64 Å². The van der Waals surface area contributed by atoms with E-state index < -0.39 is 0 Å². The fourth-order valence-electron chi connectivity index (χ4n) is 1.49. The number of anilines is 1. The molecule has 0 bridgehead atoms. The van der Waals surface area contributed by atoms with Crippen molar-refractivity contribution in [1.29, 1.82) is 0 Å². The van der Waals surface area contributed by atoms with E-state index >= 15 is 0 Å². The first-order valence-electron chi connectivity index (χ1n) is 5.97. The summed E-state index contributed by atoms with van der Waals surface area (Å²) in [4.78, 5) is 7.05. The maximum absolute atomic E-state index is 5.76. The second kappa shape index (κ2) is 6.84. The molecule has 0 saturated heterocycles. The Labute approximate surface area is 112 Å². The third-order valence-electron chi connectivity index (χ3n) is 2.34. The minimum absolute atomic E-state index is 0.168. The van der Waals surface area contributed by atoms with Crippen molar-refractivity contribution >= 4 is 21.7 Å². The minimum atomic E-state index is 0.168. The largest absolute Gasteiger partial charge is 0.487 e. The molecule has 0 aliphatic heterocycles. The van der Waals surface area contributed by atoms with Gasteiger partial charge in [-0.1, -0.05) is 22.9 Å². The topological polar surface area (TPSA) is 25.4 Å². The highest BCUT2D eigenvalue weighted by molar-refractivity contribution is 9.09. The number of aromatic nitrogens is 1. The molecule has 0 spiro atoms. The van der Waals surface area contributed by atoms with Crippen molar-refractivity contribution in [3.63, 3.8) is 0 Å². The number of nitrogens with zero attached hydrogens (tertiary/aromatic N) is 2. The Hall–Kier alpha value is -0.770. The minimum Gasteiger partial charge on any atom is -0.487 e. The molecule has 1 aromatic rings. The van der Waals surface area contributed by atoms with Gasteiger partial charge in [-0.2, -0.15) is 0 Å². The highest BCUT2D eigenvalue weighted by atomic mass is 79.9. The van der Waals surface area contributed by atoms with Crippen LogP contribution in [0.2, 0.25) is 0 Å². The number of halogens is 1. The van der Waals surface area contributed by atoms with E-state index in [-0.39, 0.29) is 6.10 Å². The van der Waals surface area contributed by atoms with Crippen LogP contribution in [0.5, 0.6) is 5.75 Å². The van der Waals surface area contributed by atoms with Crippen LogP contribution in [0, 0.1) is 0 Å². The summed E-state index contributed by atoms with van der Waals surface area (Å²) in [5, 5.41) is 0. The van der Waals surface area contributed by atoms with Crippen molar-refractivity contribution < 1.29 is 4.74 Å². The molecule has 0 aliphatic rings. The quantitative estimate of drug-likeness (QED) is 0.752. The second-order valence-corrected chi connectivity index (χ2v) is 6.05. The van der Waals surface area contributed by atoms with Crippen LogP contribution < -0.4 is 9.64 Å². The smallest absolute Gasteiger partial charge is 0.171 e. The van der Waals surface area contributed by atoms with Crippen LogP contribution in [0.1, 0.15) is 27.2 Å². The molecule has 0 N–H and O–H groups in total. The van der Waals surface area contributed by atoms with Gasteiger partial charge in [0.25, 0.3) is 0 Å². The Bertz CT molecular complexity index is 342. The summed E-state index contributed by atoms with van der Waals surface area (Å²) in [5.74, 6) is 1.77. The molecule has 17 heavy (non-hydrogen) atoms. The van der Waals surface area contributed by atoms with E-state index in [9.17, 15) is 0 Å². The van der Waals surface area contributed by atoms with Crippen molar-refractivity contribution in [3.05, 3.63) is 18.3 Å². The van der Waals surface area contributed by atoms with Crippen LogP contribution in [-0.2, 0) is 0 Å². The Morgan fingerprint density at radius 2 is 2.12 bits per heavy atom. The Balaban J connectivity index is 2.74. The first-order valence-corrected chi connectivity index (χ1v) is 6.89. The zero-order valence-electron chi connectivity index (χ0n) is 11.0. The van der Waals surface area contributed by atoms with Crippen molar-refractivity contribution in [1.82, 2.24) is 4.98 Å². The lowest BCUT2D eigenvalue weighted by molar-refractivity contribution is 0.242. The van der Waals surface area contributed by atoms with Gasteiger partial charge in [0.2, 0.25) is 0 Å². The molecule has 0 amide bonds. The molecule has 0 saturated carbocycles. The molecule has 1 atom stereocenters. The molecule has 4 heteroatoms. The van der Waals surface area contributed by atoms with Crippen molar-refractivity contribution in [2.45, 2.75) is 38.1 Å². The van der Waals surface area contributed by atoms with Crippen LogP contribution >= 0.6 is 15.9 Å². The van der Waals surface area contributed by atoms with Crippen LogP contribution in [0.25, 0.3) is 0 Å².